The molecule has 0 amide bonds. The van der Waals surface area contributed by atoms with E-state index in [0.717, 1.165) is 24.2 Å². The van der Waals surface area contributed by atoms with Crippen LogP contribution < -0.4 is 5.32 Å². The van der Waals surface area contributed by atoms with Crippen molar-refractivity contribution in [2.75, 3.05) is 19.0 Å². The predicted molar refractivity (Wildman–Crippen MR) is 73.8 cm³/mol. The monoisotopic (exact) mass is 281 g/mol. The number of aromatic nitrogens is 4. The number of aryl methyl sites for hydroxylation is 2. The van der Waals surface area contributed by atoms with E-state index in [1.807, 2.05) is 19.1 Å². The van der Waals surface area contributed by atoms with Crippen molar-refractivity contribution in [3.8, 4) is 0 Å². The molecule has 7 heteroatoms. The van der Waals surface area contributed by atoms with Crippen LogP contribution in [0.2, 0.25) is 5.28 Å². The first kappa shape index (κ1) is 13.8. The van der Waals surface area contributed by atoms with E-state index >= 15 is 0 Å². The number of H-pyrrole nitrogens is 1. The molecule has 0 saturated heterocycles. The first-order valence-corrected chi connectivity index (χ1v) is 6.36. The molecular weight excluding hydrogens is 266 g/mol. The number of halogens is 1. The maximum atomic E-state index is 5.91. The Kier molecular flexibility index (Phi) is 4.70. The van der Waals surface area contributed by atoms with Gasteiger partial charge in [-0.25, -0.2) is 9.97 Å². The third kappa shape index (κ3) is 4.18. The first-order chi connectivity index (χ1) is 9.17. The second kappa shape index (κ2) is 6.49. The number of hydrogen-bond acceptors (Lipinski definition) is 5. The Morgan fingerprint density at radius 1 is 1.32 bits per heavy atom. The molecule has 19 heavy (non-hydrogen) atoms. The van der Waals surface area contributed by atoms with Crippen molar-refractivity contribution < 1.29 is 4.74 Å². The molecule has 0 saturated carbocycles. The zero-order valence-corrected chi connectivity index (χ0v) is 11.7. The molecule has 0 fully saturated rings. The molecule has 0 aromatic carbocycles. The van der Waals surface area contributed by atoms with Crippen LogP contribution in [-0.2, 0) is 11.2 Å². The fraction of sp³-hybridized carbons (Fsp3) is 0.417. The van der Waals surface area contributed by atoms with Crippen LogP contribution in [0.25, 0.3) is 0 Å². The van der Waals surface area contributed by atoms with Gasteiger partial charge in [0.05, 0.1) is 0 Å². The Morgan fingerprint density at radius 3 is 2.84 bits per heavy atom. The predicted octanol–water partition coefficient (Wildman–Crippen LogP) is 2.48. The van der Waals surface area contributed by atoms with Gasteiger partial charge in [0.1, 0.15) is 5.82 Å². The van der Waals surface area contributed by atoms with Gasteiger partial charge in [-0.05, 0) is 31.4 Å². The minimum atomic E-state index is 0.227. The lowest BCUT2D eigenvalue weighted by atomic mass is 10.2. The summed E-state index contributed by atoms with van der Waals surface area (Å²) in [6.45, 7) is 2.63. The number of nitrogens with one attached hydrogen (secondary N) is 2. The Labute approximate surface area is 116 Å². The van der Waals surface area contributed by atoms with Crippen molar-refractivity contribution in [3.63, 3.8) is 0 Å². The number of anilines is 2. The maximum Gasteiger partial charge on any atom is 0.224 e. The van der Waals surface area contributed by atoms with Gasteiger partial charge in [0.2, 0.25) is 5.28 Å². The molecule has 102 valence electrons. The van der Waals surface area contributed by atoms with Gasteiger partial charge in [0.25, 0.3) is 0 Å². The SMILES string of the molecule is COCCCc1cc(Nc2cc(C)[nH]n2)nc(Cl)n1. The van der Waals surface area contributed by atoms with Gasteiger partial charge in [-0.15, -0.1) is 0 Å². The molecule has 0 aliphatic rings. The molecule has 2 heterocycles. The van der Waals surface area contributed by atoms with Gasteiger partial charge in [0, 0.05) is 37.2 Å². The number of rotatable bonds is 6. The summed E-state index contributed by atoms with van der Waals surface area (Å²) in [5.41, 5.74) is 1.86. The van der Waals surface area contributed by atoms with Gasteiger partial charge in [-0.1, -0.05) is 0 Å². The molecule has 0 radical (unpaired) electrons. The van der Waals surface area contributed by atoms with Crippen LogP contribution in [0.4, 0.5) is 11.6 Å². The lowest BCUT2D eigenvalue weighted by Crippen LogP contribution is -2.01. The second-order valence-corrected chi connectivity index (χ2v) is 4.51. The van der Waals surface area contributed by atoms with Crippen molar-refractivity contribution in [1.29, 1.82) is 0 Å². The van der Waals surface area contributed by atoms with Crippen LogP contribution >= 0.6 is 11.6 Å². The van der Waals surface area contributed by atoms with E-state index < -0.39 is 0 Å². The van der Waals surface area contributed by atoms with Gasteiger partial charge >= 0.3 is 0 Å². The van der Waals surface area contributed by atoms with Crippen molar-refractivity contribution >= 4 is 23.2 Å². The Hall–Kier alpha value is -1.66. The Balaban J connectivity index is 2.07. The lowest BCUT2D eigenvalue weighted by Gasteiger charge is -2.05. The van der Waals surface area contributed by atoms with Gasteiger partial charge in [0.15, 0.2) is 5.82 Å². The van der Waals surface area contributed by atoms with E-state index in [4.69, 9.17) is 16.3 Å². The fourth-order valence-corrected chi connectivity index (χ4v) is 1.87. The number of nitrogens with zero attached hydrogens (tertiary/aromatic N) is 3. The summed E-state index contributed by atoms with van der Waals surface area (Å²) >= 11 is 5.91. The standard InChI is InChI=1S/C12H16ClN5O/c1-8-6-11(18-17-8)15-10-7-9(4-3-5-19-2)14-12(13)16-10/h6-7H,3-5H2,1-2H3,(H2,14,15,16,17,18). The van der Waals surface area contributed by atoms with E-state index in [1.54, 1.807) is 7.11 Å². The molecule has 0 unspecified atom stereocenters. The molecule has 2 aromatic rings. The smallest absolute Gasteiger partial charge is 0.224 e. The Morgan fingerprint density at radius 2 is 2.16 bits per heavy atom. The van der Waals surface area contributed by atoms with Crippen LogP contribution in [0.5, 0.6) is 0 Å². The summed E-state index contributed by atoms with van der Waals surface area (Å²) in [6.07, 6.45) is 1.69. The summed E-state index contributed by atoms with van der Waals surface area (Å²) in [4.78, 5) is 8.31. The van der Waals surface area contributed by atoms with Gasteiger partial charge in [-0.3, -0.25) is 5.10 Å². The summed E-state index contributed by atoms with van der Waals surface area (Å²) in [7, 11) is 1.68. The molecular formula is C12H16ClN5O. The van der Waals surface area contributed by atoms with E-state index in [1.165, 1.54) is 0 Å². The highest BCUT2D eigenvalue weighted by atomic mass is 35.5. The summed E-state index contributed by atoms with van der Waals surface area (Å²) < 4.78 is 5.02. The average molecular weight is 282 g/mol. The second-order valence-electron chi connectivity index (χ2n) is 4.17. The number of aromatic amines is 1. The fourth-order valence-electron chi connectivity index (χ4n) is 1.67. The first-order valence-electron chi connectivity index (χ1n) is 5.99. The number of hydrogen-bond donors (Lipinski definition) is 2. The molecule has 2 rings (SSSR count). The van der Waals surface area contributed by atoms with E-state index in [9.17, 15) is 0 Å². The minimum Gasteiger partial charge on any atom is -0.385 e. The van der Waals surface area contributed by atoms with Crippen LogP contribution in [0.15, 0.2) is 12.1 Å². The maximum absolute atomic E-state index is 5.91. The van der Waals surface area contributed by atoms with Crippen molar-refractivity contribution in [3.05, 3.63) is 28.8 Å². The zero-order valence-electron chi connectivity index (χ0n) is 10.9. The largest absolute Gasteiger partial charge is 0.385 e. The third-order valence-corrected chi connectivity index (χ3v) is 2.66. The third-order valence-electron chi connectivity index (χ3n) is 2.50. The van der Waals surface area contributed by atoms with Crippen LogP contribution in [0.1, 0.15) is 17.8 Å². The summed E-state index contributed by atoms with van der Waals surface area (Å²) in [5.74, 6) is 1.34. The normalized spacial score (nSPS) is 10.7. The average Bonchev–Trinajstić information content (AvgIpc) is 2.74. The van der Waals surface area contributed by atoms with Gasteiger partial charge < -0.3 is 10.1 Å². The van der Waals surface area contributed by atoms with Gasteiger partial charge in [-0.2, -0.15) is 5.10 Å². The highest BCUT2D eigenvalue weighted by molar-refractivity contribution is 6.28. The highest BCUT2D eigenvalue weighted by Gasteiger charge is 2.05. The lowest BCUT2D eigenvalue weighted by molar-refractivity contribution is 0.195. The molecule has 0 aliphatic heterocycles. The van der Waals surface area contributed by atoms with E-state index in [-0.39, 0.29) is 5.28 Å². The van der Waals surface area contributed by atoms with Crippen LogP contribution in [-0.4, -0.2) is 33.9 Å². The van der Waals surface area contributed by atoms with Crippen molar-refractivity contribution in [1.82, 2.24) is 20.2 Å². The molecule has 0 spiro atoms. The van der Waals surface area contributed by atoms with Crippen LogP contribution in [0.3, 0.4) is 0 Å². The van der Waals surface area contributed by atoms with E-state index in [0.29, 0.717) is 18.2 Å². The minimum absolute atomic E-state index is 0.227. The van der Waals surface area contributed by atoms with Crippen LogP contribution in [0, 0.1) is 6.92 Å². The summed E-state index contributed by atoms with van der Waals surface area (Å²) in [5, 5.41) is 10.3. The molecule has 0 atom stereocenters. The quantitative estimate of drug-likeness (QED) is 0.628. The Bertz CT molecular complexity index is 543. The highest BCUT2D eigenvalue weighted by Crippen LogP contribution is 2.16. The zero-order chi connectivity index (χ0) is 13.7. The van der Waals surface area contributed by atoms with Crippen molar-refractivity contribution in [2.45, 2.75) is 19.8 Å². The number of ether oxygens (including phenoxy) is 1. The molecule has 2 aromatic heterocycles. The molecule has 0 bridgehead atoms. The van der Waals surface area contributed by atoms with E-state index in [2.05, 4.69) is 25.5 Å². The molecule has 2 N–H and O–H groups in total. The number of methoxy groups -OCH3 is 1. The molecule has 6 nitrogen and oxygen atoms in total. The topological polar surface area (TPSA) is 75.7 Å². The van der Waals surface area contributed by atoms with Crippen molar-refractivity contribution in [2.24, 2.45) is 0 Å². The molecule has 0 aliphatic carbocycles. The summed E-state index contributed by atoms with van der Waals surface area (Å²) in [6, 6.07) is 3.76.